The molecule has 4 amide bonds. The maximum atomic E-state index is 13.4. The van der Waals surface area contributed by atoms with Gasteiger partial charge in [0.1, 0.15) is 11.2 Å². The average molecular weight is 264 g/mol. The summed E-state index contributed by atoms with van der Waals surface area (Å²) in [7, 11) is 0. The standard InChI is InChI=1S/C13H13FN2O3/c1-7-4-8(14)6-9(5-7)16-11(18)13(2,3)10(17)15-12(16)19/h4-6H,1-3H3,(H,15,17,19). The van der Waals surface area contributed by atoms with Crippen LogP contribution in [0.5, 0.6) is 0 Å². The minimum absolute atomic E-state index is 0.112. The fourth-order valence-electron chi connectivity index (χ4n) is 1.86. The molecule has 1 aliphatic rings. The number of nitrogens with zero attached hydrogens (tertiary/aromatic N) is 1. The molecular weight excluding hydrogens is 251 g/mol. The van der Waals surface area contributed by atoms with Crippen molar-refractivity contribution in [1.82, 2.24) is 5.32 Å². The van der Waals surface area contributed by atoms with Gasteiger partial charge in [0, 0.05) is 0 Å². The van der Waals surface area contributed by atoms with E-state index < -0.39 is 29.1 Å². The van der Waals surface area contributed by atoms with Crippen LogP contribution in [0.1, 0.15) is 19.4 Å². The maximum absolute atomic E-state index is 13.4. The molecule has 0 unspecified atom stereocenters. The number of hydrogen-bond acceptors (Lipinski definition) is 3. The first-order valence-electron chi connectivity index (χ1n) is 5.70. The molecule has 1 fully saturated rings. The Bertz CT molecular complexity index is 575. The molecule has 1 aromatic carbocycles. The molecule has 0 aromatic heterocycles. The van der Waals surface area contributed by atoms with E-state index in [-0.39, 0.29) is 5.69 Å². The zero-order valence-corrected chi connectivity index (χ0v) is 10.8. The first kappa shape index (κ1) is 13.2. The van der Waals surface area contributed by atoms with Crippen molar-refractivity contribution in [2.75, 3.05) is 4.90 Å². The summed E-state index contributed by atoms with van der Waals surface area (Å²) in [6.07, 6.45) is 0. The van der Waals surface area contributed by atoms with Gasteiger partial charge >= 0.3 is 6.03 Å². The first-order chi connectivity index (χ1) is 8.73. The number of hydrogen-bond donors (Lipinski definition) is 1. The van der Waals surface area contributed by atoms with Crippen molar-refractivity contribution in [3.8, 4) is 0 Å². The Morgan fingerprint density at radius 2 is 1.79 bits per heavy atom. The average Bonchev–Trinajstić information content (AvgIpc) is 2.25. The molecule has 1 saturated heterocycles. The molecule has 100 valence electrons. The molecule has 1 heterocycles. The number of barbiturate groups is 1. The van der Waals surface area contributed by atoms with Gasteiger partial charge in [0.05, 0.1) is 5.69 Å². The third-order valence-corrected chi connectivity index (χ3v) is 3.01. The number of amides is 4. The molecule has 5 nitrogen and oxygen atoms in total. The van der Waals surface area contributed by atoms with Crippen LogP contribution in [0.15, 0.2) is 18.2 Å². The summed E-state index contributed by atoms with van der Waals surface area (Å²) in [4.78, 5) is 36.4. The highest BCUT2D eigenvalue weighted by Crippen LogP contribution is 2.28. The first-order valence-corrected chi connectivity index (χ1v) is 5.70. The highest BCUT2D eigenvalue weighted by atomic mass is 19.1. The van der Waals surface area contributed by atoms with Crippen LogP contribution in [0.3, 0.4) is 0 Å². The maximum Gasteiger partial charge on any atom is 0.335 e. The molecule has 19 heavy (non-hydrogen) atoms. The van der Waals surface area contributed by atoms with E-state index in [1.165, 1.54) is 26.0 Å². The number of anilines is 1. The molecule has 0 spiro atoms. The normalized spacial score (nSPS) is 18.5. The van der Waals surface area contributed by atoms with Gasteiger partial charge in [0.2, 0.25) is 11.8 Å². The Labute approximate surface area is 109 Å². The van der Waals surface area contributed by atoms with Crippen molar-refractivity contribution in [2.45, 2.75) is 20.8 Å². The van der Waals surface area contributed by atoms with Crippen LogP contribution in [0.4, 0.5) is 14.9 Å². The second-order valence-corrected chi connectivity index (χ2v) is 5.01. The molecule has 1 N–H and O–H groups in total. The van der Waals surface area contributed by atoms with Gasteiger partial charge in [-0.25, -0.2) is 14.1 Å². The largest absolute Gasteiger partial charge is 0.335 e. The Morgan fingerprint density at radius 3 is 2.37 bits per heavy atom. The number of aryl methyl sites for hydroxylation is 1. The molecule has 2 rings (SSSR count). The molecule has 0 saturated carbocycles. The highest BCUT2D eigenvalue weighted by Gasteiger charge is 2.47. The van der Waals surface area contributed by atoms with Gasteiger partial charge < -0.3 is 0 Å². The zero-order valence-electron chi connectivity index (χ0n) is 10.8. The third-order valence-electron chi connectivity index (χ3n) is 3.01. The molecular formula is C13H13FN2O3. The Kier molecular flexibility index (Phi) is 2.88. The summed E-state index contributed by atoms with van der Waals surface area (Å²) in [5, 5.41) is 2.09. The number of carbonyl (C=O) groups excluding carboxylic acids is 3. The lowest BCUT2D eigenvalue weighted by Crippen LogP contribution is -2.62. The molecule has 0 aliphatic carbocycles. The number of imide groups is 2. The van der Waals surface area contributed by atoms with E-state index in [1.807, 2.05) is 0 Å². The molecule has 6 heteroatoms. The molecule has 1 aliphatic heterocycles. The lowest BCUT2D eigenvalue weighted by atomic mass is 9.88. The summed E-state index contributed by atoms with van der Waals surface area (Å²) in [6.45, 7) is 4.47. The van der Waals surface area contributed by atoms with Gasteiger partial charge in [-0.1, -0.05) is 0 Å². The van der Waals surface area contributed by atoms with E-state index in [4.69, 9.17) is 0 Å². The van der Waals surface area contributed by atoms with Gasteiger partial charge in [-0.15, -0.1) is 0 Å². The molecule has 0 bridgehead atoms. The van der Waals surface area contributed by atoms with Crippen LogP contribution in [0.25, 0.3) is 0 Å². The van der Waals surface area contributed by atoms with Crippen molar-refractivity contribution in [2.24, 2.45) is 5.41 Å². The SMILES string of the molecule is Cc1cc(F)cc(N2C(=O)NC(=O)C(C)(C)C2=O)c1. The minimum Gasteiger partial charge on any atom is -0.276 e. The van der Waals surface area contributed by atoms with Crippen LogP contribution in [0.2, 0.25) is 0 Å². The van der Waals surface area contributed by atoms with Crippen LogP contribution in [-0.2, 0) is 9.59 Å². The molecule has 1 aromatic rings. The summed E-state index contributed by atoms with van der Waals surface area (Å²) in [6, 6.07) is 3.01. The number of halogens is 1. The van der Waals surface area contributed by atoms with Crippen molar-refractivity contribution >= 4 is 23.5 Å². The van der Waals surface area contributed by atoms with Gasteiger partial charge in [-0.05, 0) is 44.5 Å². The second-order valence-electron chi connectivity index (χ2n) is 5.01. The summed E-state index contributed by atoms with van der Waals surface area (Å²) >= 11 is 0. The van der Waals surface area contributed by atoms with Gasteiger partial charge in [-0.2, -0.15) is 0 Å². The summed E-state index contributed by atoms with van der Waals surface area (Å²) < 4.78 is 13.4. The van der Waals surface area contributed by atoms with Crippen LogP contribution in [-0.4, -0.2) is 17.8 Å². The lowest BCUT2D eigenvalue weighted by molar-refractivity contribution is -0.140. The molecule has 0 atom stereocenters. The Morgan fingerprint density at radius 1 is 1.16 bits per heavy atom. The van der Waals surface area contributed by atoms with Crippen molar-refractivity contribution < 1.29 is 18.8 Å². The van der Waals surface area contributed by atoms with E-state index >= 15 is 0 Å². The van der Waals surface area contributed by atoms with E-state index in [1.54, 1.807) is 6.92 Å². The smallest absolute Gasteiger partial charge is 0.276 e. The quantitative estimate of drug-likeness (QED) is 0.786. The predicted octanol–water partition coefficient (Wildman–Crippen LogP) is 1.74. The van der Waals surface area contributed by atoms with Crippen LogP contribution in [0, 0.1) is 18.2 Å². The van der Waals surface area contributed by atoms with E-state index in [9.17, 15) is 18.8 Å². The number of nitrogens with one attached hydrogen (secondary N) is 1. The van der Waals surface area contributed by atoms with Gasteiger partial charge in [0.15, 0.2) is 0 Å². The Balaban J connectivity index is 2.51. The summed E-state index contributed by atoms with van der Waals surface area (Å²) in [5.74, 6) is -1.89. The highest BCUT2D eigenvalue weighted by molar-refractivity contribution is 6.29. The van der Waals surface area contributed by atoms with E-state index in [0.717, 1.165) is 11.0 Å². The molecule has 0 radical (unpaired) electrons. The van der Waals surface area contributed by atoms with Crippen LogP contribution < -0.4 is 10.2 Å². The van der Waals surface area contributed by atoms with Gasteiger partial charge in [0.25, 0.3) is 0 Å². The number of rotatable bonds is 1. The van der Waals surface area contributed by atoms with Crippen molar-refractivity contribution in [3.05, 3.63) is 29.6 Å². The second kappa shape index (κ2) is 4.15. The fraction of sp³-hybridized carbons (Fsp3) is 0.308. The van der Waals surface area contributed by atoms with E-state index in [2.05, 4.69) is 5.32 Å². The van der Waals surface area contributed by atoms with Gasteiger partial charge in [-0.3, -0.25) is 14.9 Å². The van der Waals surface area contributed by atoms with E-state index in [0.29, 0.717) is 5.56 Å². The monoisotopic (exact) mass is 264 g/mol. The lowest BCUT2D eigenvalue weighted by Gasteiger charge is -2.34. The zero-order chi connectivity index (χ0) is 14.4. The minimum atomic E-state index is -1.37. The number of urea groups is 1. The summed E-state index contributed by atoms with van der Waals surface area (Å²) in [5.41, 5.74) is -0.681. The van der Waals surface area contributed by atoms with Crippen molar-refractivity contribution in [1.29, 1.82) is 0 Å². The third kappa shape index (κ3) is 2.09. The predicted molar refractivity (Wildman–Crippen MR) is 65.9 cm³/mol. The number of benzene rings is 1. The fourth-order valence-corrected chi connectivity index (χ4v) is 1.86. The topological polar surface area (TPSA) is 66.5 Å². The Hall–Kier alpha value is -2.24. The van der Waals surface area contributed by atoms with Crippen LogP contribution >= 0.6 is 0 Å². The number of carbonyl (C=O) groups is 3. The van der Waals surface area contributed by atoms with Crippen molar-refractivity contribution in [3.63, 3.8) is 0 Å².